The first kappa shape index (κ1) is 13.1. The number of rotatable bonds is 2. The maximum atomic E-state index is 11.2. The quantitative estimate of drug-likeness (QED) is 0.910. The number of carbonyl (C=O) groups is 1. The van der Waals surface area contributed by atoms with E-state index in [1.807, 2.05) is 18.2 Å². The van der Waals surface area contributed by atoms with E-state index in [9.17, 15) is 4.79 Å². The van der Waals surface area contributed by atoms with E-state index in [1.54, 1.807) is 24.3 Å². The Labute approximate surface area is 122 Å². The van der Waals surface area contributed by atoms with Gasteiger partial charge < -0.3 is 5.11 Å². The number of hydrogen-bond donors (Lipinski definition) is 1. The first-order valence-corrected chi connectivity index (χ1v) is 6.76. The van der Waals surface area contributed by atoms with Gasteiger partial charge in [-0.3, -0.25) is 0 Å². The van der Waals surface area contributed by atoms with Gasteiger partial charge in [-0.1, -0.05) is 24.3 Å². The molecular formula is C18H13NO2. The lowest BCUT2D eigenvalue weighted by Crippen LogP contribution is -2.04. The number of allylic oxidation sites excluding steroid dienone is 1. The molecule has 0 aromatic heterocycles. The number of carboxylic acids is 1. The minimum absolute atomic E-state index is 0.301. The highest BCUT2D eigenvalue weighted by atomic mass is 16.4. The number of nitrogens with zero attached hydrogens (tertiary/aromatic N) is 1. The smallest absolute Gasteiger partial charge is 0.335 e. The molecule has 1 aliphatic rings. The van der Waals surface area contributed by atoms with Gasteiger partial charge in [0.15, 0.2) is 0 Å². The van der Waals surface area contributed by atoms with Crippen molar-refractivity contribution in [2.24, 2.45) is 0 Å². The minimum atomic E-state index is -0.914. The standard InChI is InChI=1S/C18H13NO2/c19-11-12-4-6-14(7-5-12)16-3-1-2-13-8-9-15(18(20)21)10-17(13)16/h3-10H,1-2H2,(H,20,21). The van der Waals surface area contributed by atoms with Crippen LogP contribution in [0.1, 0.15) is 39.0 Å². The van der Waals surface area contributed by atoms with Crippen LogP contribution < -0.4 is 0 Å². The Morgan fingerprint density at radius 2 is 1.90 bits per heavy atom. The number of carboxylic acid groups (broad SMARTS) is 1. The van der Waals surface area contributed by atoms with Crippen molar-refractivity contribution in [2.75, 3.05) is 0 Å². The van der Waals surface area contributed by atoms with Gasteiger partial charge in [0.1, 0.15) is 0 Å². The van der Waals surface area contributed by atoms with Crippen LogP contribution in [0.3, 0.4) is 0 Å². The SMILES string of the molecule is N#Cc1ccc(C2=CCCc3ccc(C(=O)O)cc32)cc1. The summed E-state index contributed by atoms with van der Waals surface area (Å²) in [7, 11) is 0. The van der Waals surface area contributed by atoms with E-state index in [2.05, 4.69) is 12.1 Å². The average molecular weight is 275 g/mol. The fraction of sp³-hybridized carbons (Fsp3) is 0.111. The third-order valence-electron chi connectivity index (χ3n) is 3.73. The lowest BCUT2D eigenvalue weighted by molar-refractivity contribution is 0.0697. The fourth-order valence-corrected chi connectivity index (χ4v) is 2.66. The topological polar surface area (TPSA) is 61.1 Å². The van der Waals surface area contributed by atoms with E-state index in [0.717, 1.165) is 29.5 Å². The Hall–Kier alpha value is -2.86. The van der Waals surface area contributed by atoms with Gasteiger partial charge in [0.25, 0.3) is 0 Å². The first-order chi connectivity index (χ1) is 10.2. The molecule has 0 radical (unpaired) electrons. The molecule has 0 unspecified atom stereocenters. The average Bonchev–Trinajstić information content (AvgIpc) is 2.54. The Kier molecular flexibility index (Phi) is 3.29. The summed E-state index contributed by atoms with van der Waals surface area (Å²) in [6.07, 6.45) is 4.00. The van der Waals surface area contributed by atoms with Crippen LogP contribution in [-0.4, -0.2) is 11.1 Å². The zero-order chi connectivity index (χ0) is 14.8. The summed E-state index contributed by atoms with van der Waals surface area (Å²) in [4.78, 5) is 11.2. The lowest BCUT2D eigenvalue weighted by atomic mass is 9.86. The van der Waals surface area contributed by atoms with Gasteiger partial charge in [0, 0.05) is 0 Å². The molecule has 3 nitrogen and oxygen atoms in total. The van der Waals surface area contributed by atoms with Gasteiger partial charge in [-0.25, -0.2) is 4.79 Å². The van der Waals surface area contributed by atoms with E-state index >= 15 is 0 Å². The van der Waals surface area contributed by atoms with Crippen molar-refractivity contribution < 1.29 is 9.90 Å². The normalized spacial score (nSPS) is 13.0. The molecule has 0 aliphatic heterocycles. The second-order valence-corrected chi connectivity index (χ2v) is 5.02. The van der Waals surface area contributed by atoms with Gasteiger partial charge >= 0.3 is 5.97 Å². The van der Waals surface area contributed by atoms with Crippen molar-refractivity contribution in [3.8, 4) is 6.07 Å². The highest BCUT2D eigenvalue weighted by molar-refractivity contribution is 5.91. The van der Waals surface area contributed by atoms with Crippen molar-refractivity contribution in [2.45, 2.75) is 12.8 Å². The van der Waals surface area contributed by atoms with Crippen LogP contribution in [0.5, 0.6) is 0 Å². The molecule has 0 amide bonds. The molecule has 2 aromatic rings. The van der Waals surface area contributed by atoms with Gasteiger partial charge in [0.2, 0.25) is 0 Å². The van der Waals surface area contributed by atoms with E-state index in [4.69, 9.17) is 10.4 Å². The van der Waals surface area contributed by atoms with E-state index in [-0.39, 0.29) is 0 Å². The second kappa shape index (κ2) is 5.26. The molecule has 3 rings (SSSR count). The predicted octanol–water partition coefficient (Wildman–Crippen LogP) is 3.63. The van der Waals surface area contributed by atoms with E-state index in [1.165, 1.54) is 5.56 Å². The number of benzene rings is 2. The molecular weight excluding hydrogens is 262 g/mol. The summed E-state index contributed by atoms with van der Waals surface area (Å²) in [5.74, 6) is -0.914. The second-order valence-electron chi connectivity index (χ2n) is 5.02. The number of fused-ring (bicyclic) bond motifs is 1. The summed E-state index contributed by atoms with van der Waals surface area (Å²) in [6, 6.07) is 14.8. The van der Waals surface area contributed by atoms with Crippen LogP contribution >= 0.6 is 0 Å². The Morgan fingerprint density at radius 3 is 2.57 bits per heavy atom. The summed E-state index contributed by atoms with van der Waals surface area (Å²) in [6.45, 7) is 0. The van der Waals surface area contributed by atoms with Crippen molar-refractivity contribution in [1.29, 1.82) is 5.26 Å². The third-order valence-corrected chi connectivity index (χ3v) is 3.73. The Morgan fingerprint density at radius 1 is 1.14 bits per heavy atom. The molecule has 21 heavy (non-hydrogen) atoms. The van der Waals surface area contributed by atoms with Crippen molar-refractivity contribution in [1.82, 2.24) is 0 Å². The zero-order valence-corrected chi connectivity index (χ0v) is 11.3. The predicted molar refractivity (Wildman–Crippen MR) is 80.0 cm³/mol. The van der Waals surface area contributed by atoms with Crippen LogP contribution in [0.2, 0.25) is 0 Å². The first-order valence-electron chi connectivity index (χ1n) is 6.76. The van der Waals surface area contributed by atoms with Crippen molar-refractivity contribution in [3.05, 3.63) is 76.4 Å². The molecule has 0 bridgehead atoms. The monoisotopic (exact) mass is 275 g/mol. The molecule has 3 heteroatoms. The summed E-state index contributed by atoms with van der Waals surface area (Å²) in [5, 5.41) is 18.0. The van der Waals surface area contributed by atoms with Gasteiger partial charge in [-0.2, -0.15) is 5.26 Å². The van der Waals surface area contributed by atoms with Crippen LogP contribution in [0.15, 0.2) is 48.5 Å². The van der Waals surface area contributed by atoms with Crippen LogP contribution in [0.4, 0.5) is 0 Å². The molecule has 0 saturated heterocycles. The largest absolute Gasteiger partial charge is 0.478 e. The Bertz CT molecular complexity index is 780. The van der Waals surface area contributed by atoms with Gasteiger partial charge in [-0.05, 0) is 59.4 Å². The zero-order valence-electron chi connectivity index (χ0n) is 11.3. The number of aryl methyl sites for hydroxylation is 1. The van der Waals surface area contributed by atoms with Crippen LogP contribution in [0.25, 0.3) is 5.57 Å². The minimum Gasteiger partial charge on any atom is -0.478 e. The third kappa shape index (κ3) is 2.44. The molecule has 0 saturated carbocycles. The fourth-order valence-electron chi connectivity index (χ4n) is 2.66. The lowest BCUT2D eigenvalue weighted by Gasteiger charge is -2.18. The van der Waals surface area contributed by atoms with Crippen LogP contribution in [0, 0.1) is 11.3 Å². The van der Waals surface area contributed by atoms with E-state index < -0.39 is 5.97 Å². The highest BCUT2D eigenvalue weighted by Crippen LogP contribution is 2.32. The summed E-state index contributed by atoms with van der Waals surface area (Å²) >= 11 is 0. The number of aromatic carboxylic acids is 1. The molecule has 1 aliphatic carbocycles. The summed E-state index contributed by atoms with van der Waals surface area (Å²) in [5.41, 5.74) is 5.12. The van der Waals surface area contributed by atoms with Crippen molar-refractivity contribution >= 4 is 11.5 Å². The molecule has 102 valence electrons. The molecule has 0 heterocycles. The van der Waals surface area contributed by atoms with Gasteiger partial charge in [0.05, 0.1) is 17.2 Å². The maximum absolute atomic E-state index is 11.2. The molecule has 0 spiro atoms. The number of hydrogen-bond acceptors (Lipinski definition) is 2. The highest BCUT2D eigenvalue weighted by Gasteiger charge is 2.16. The molecule has 2 aromatic carbocycles. The summed E-state index contributed by atoms with van der Waals surface area (Å²) < 4.78 is 0. The van der Waals surface area contributed by atoms with E-state index in [0.29, 0.717) is 11.1 Å². The molecule has 0 fully saturated rings. The van der Waals surface area contributed by atoms with Gasteiger partial charge in [-0.15, -0.1) is 0 Å². The number of nitriles is 1. The maximum Gasteiger partial charge on any atom is 0.335 e. The molecule has 1 N–H and O–H groups in total. The van der Waals surface area contributed by atoms with Crippen LogP contribution in [-0.2, 0) is 6.42 Å². The Balaban J connectivity index is 2.09. The van der Waals surface area contributed by atoms with Crippen molar-refractivity contribution in [3.63, 3.8) is 0 Å². The molecule has 0 atom stereocenters.